The second-order valence-electron chi connectivity index (χ2n) is 23.8. The topological polar surface area (TPSA) is 162 Å². The molecule has 0 saturated heterocycles. The normalized spacial score (nSPS) is 40.4. The van der Waals surface area contributed by atoms with Gasteiger partial charge in [-0.15, -0.1) is 0 Å². The Morgan fingerprint density at radius 2 is 0.906 bits per heavy atom. The smallest absolute Gasteiger partial charge is 0.145 e. The van der Waals surface area contributed by atoms with Gasteiger partial charge in [-0.1, -0.05) is 100.0 Å². The van der Waals surface area contributed by atoms with Gasteiger partial charge in [0, 0.05) is 0 Å². The Kier molecular flexibility index (Phi) is 17.9. The molecule has 0 heterocycles. The van der Waals surface area contributed by atoms with Crippen molar-refractivity contribution in [2.75, 3.05) is 13.3 Å². The average Bonchev–Trinajstić information content (AvgIpc) is 3.76. The summed E-state index contributed by atoms with van der Waals surface area (Å²) in [4.78, 5) is 0. The van der Waals surface area contributed by atoms with Crippen LogP contribution in [0.25, 0.3) is 0 Å². The molecule has 0 aliphatic heterocycles. The van der Waals surface area contributed by atoms with Crippen LogP contribution >= 0.6 is 0 Å². The zero-order valence-corrected chi connectivity index (χ0v) is 41.0. The number of hydrogen-bond donors (Lipinski definition) is 8. The number of hydrogen-bond acceptors (Lipinski definition) is 8. The lowest BCUT2D eigenvalue weighted by atomic mass is 9.60. The summed E-state index contributed by atoms with van der Waals surface area (Å²) in [7, 11) is 0. The minimum Gasteiger partial charge on any atom is -0.390 e. The summed E-state index contributed by atoms with van der Waals surface area (Å²) in [5.41, 5.74) is 0.0116. The molecular weight excluding hydrogens is 815 g/mol. The van der Waals surface area contributed by atoms with E-state index < -0.39 is 60.2 Å². The van der Waals surface area contributed by atoms with E-state index >= 15 is 0 Å². The summed E-state index contributed by atoms with van der Waals surface area (Å²) in [5, 5.41) is 81.1. The van der Waals surface area contributed by atoms with Crippen molar-refractivity contribution in [3.8, 4) is 0 Å². The van der Waals surface area contributed by atoms with Crippen molar-refractivity contribution < 1.29 is 49.6 Å². The minimum absolute atomic E-state index is 0.198. The molecule has 0 aromatic carbocycles. The maximum Gasteiger partial charge on any atom is 0.145 e. The van der Waals surface area contributed by atoms with E-state index in [1.165, 1.54) is 62.5 Å². The van der Waals surface area contributed by atoms with Crippen molar-refractivity contribution in [2.24, 2.45) is 46.3 Å². The number of alkyl halides is 2. The maximum absolute atomic E-state index is 13.2. The highest BCUT2D eigenvalue weighted by Crippen LogP contribution is 2.61. The first-order chi connectivity index (χ1) is 29.8. The van der Waals surface area contributed by atoms with Gasteiger partial charge in [-0.2, -0.15) is 0 Å². The van der Waals surface area contributed by atoms with Crippen LogP contribution < -0.4 is 0 Å². The second kappa shape index (κ2) is 21.4. The van der Waals surface area contributed by atoms with Crippen molar-refractivity contribution in [2.45, 2.75) is 231 Å². The van der Waals surface area contributed by atoms with Gasteiger partial charge >= 0.3 is 0 Å². The fourth-order valence-corrected chi connectivity index (χ4v) is 13.9. The molecule has 6 saturated carbocycles. The molecule has 0 aromatic rings. The van der Waals surface area contributed by atoms with Gasteiger partial charge < -0.3 is 40.9 Å². The molecule has 6 rings (SSSR count). The molecule has 6 fully saturated rings. The number of aliphatic hydroxyl groups excluding tert-OH is 4. The van der Waals surface area contributed by atoms with E-state index in [-0.39, 0.29) is 25.7 Å². The molecule has 0 bridgehead atoms. The molecule has 8 nitrogen and oxygen atoms in total. The van der Waals surface area contributed by atoms with Gasteiger partial charge in [0.1, 0.15) is 24.6 Å². The van der Waals surface area contributed by atoms with Crippen molar-refractivity contribution in [1.82, 2.24) is 0 Å². The Balaban J connectivity index is 0.000000241. The molecule has 0 amide bonds. The maximum atomic E-state index is 13.2. The van der Waals surface area contributed by atoms with E-state index in [4.69, 9.17) is 0 Å². The Hall–Kier alpha value is -1.50. The lowest BCUT2D eigenvalue weighted by Gasteiger charge is -2.44. The predicted molar refractivity (Wildman–Crippen MR) is 252 cm³/mol. The lowest BCUT2D eigenvalue weighted by molar-refractivity contribution is -0.165. The van der Waals surface area contributed by atoms with E-state index in [9.17, 15) is 49.6 Å². The zero-order chi connectivity index (χ0) is 47.5. The molecule has 0 spiro atoms. The van der Waals surface area contributed by atoms with Crippen molar-refractivity contribution >= 4 is 0 Å². The van der Waals surface area contributed by atoms with Gasteiger partial charge in [0.15, 0.2) is 0 Å². The number of fused-ring (bicyclic) bond motifs is 2. The van der Waals surface area contributed by atoms with E-state index in [2.05, 4.69) is 39.8 Å². The molecular formula is C54H90F2O8. The average molecular weight is 905 g/mol. The quantitative estimate of drug-likeness (QED) is 0.0855. The Morgan fingerprint density at radius 3 is 1.20 bits per heavy atom. The molecule has 0 radical (unpaired) electrons. The van der Waals surface area contributed by atoms with E-state index in [1.807, 2.05) is 39.8 Å². The van der Waals surface area contributed by atoms with Gasteiger partial charge in [0.2, 0.25) is 0 Å². The van der Waals surface area contributed by atoms with E-state index in [1.54, 1.807) is 0 Å². The van der Waals surface area contributed by atoms with Crippen LogP contribution in [-0.4, -0.2) is 101 Å². The highest BCUT2D eigenvalue weighted by molar-refractivity contribution is 5.29. The summed E-state index contributed by atoms with van der Waals surface area (Å²) in [6.45, 7) is 15.0. The molecule has 8 N–H and O–H groups in total. The van der Waals surface area contributed by atoms with E-state index in [0.29, 0.717) is 46.3 Å². The summed E-state index contributed by atoms with van der Waals surface area (Å²) in [6.07, 6.45) is 22.2. The zero-order valence-electron chi connectivity index (χ0n) is 41.0. The van der Waals surface area contributed by atoms with Gasteiger partial charge in [-0.05, 0) is 177 Å². The SMILES string of the molecule is C[C@H](CCCC(C)(C)O)C1CCC2/C(=C/C=C3C[C@@H](O)C(O)(CF)[C@H](O)C3)CCCC21C.C[C@H](CCCC(C)(C)O)C1CCC2/C(=C/C=C3C[C@@H](O)C(O)(CF)[C@H](O)C3)CCCC21C. The lowest BCUT2D eigenvalue weighted by Crippen LogP contribution is -2.57. The van der Waals surface area contributed by atoms with Crippen molar-refractivity contribution in [3.05, 3.63) is 46.6 Å². The molecule has 12 atom stereocenters. The Bertz CT molecular complexity index is 1510. The van der Waals surface area contributed by atoms with Crippen molar-refractivity contribution in [3.63, 3.8) is 0 Å². The molecule has 10 heteroatoms. The van der Waals surface area contributed by atoms with Crippen LogP contribution in [-0.2, 0) is 0 Å². The number of halogens is 2. The number of allylic oxidation sites excluding steroid dienone is 6. The third-order valence-electron chi connectivity index (χ3n) is 18.0. The molecule has 64 heavy (non-hydrogen) atoms. The van der Waals surface area contributed by atoms with Gasteiger partial charge in [0.05, 0.1) is 35.6 Å². The second-order valence-corrected chi connectivity index (χ2v) is 23.8. The van der Waals surface area contributed by atoms with Gasteiger partial charge in [0.25, 0.3) is 0 Å². The molecule has 6 aliphatic carbocycles. The van der Waals surface area contributed by atoms with Crippen LogP contribution in [0.15, 0.2) is 46.6 Å². The summed E-state index contributed by atoms with van der Waals surface area (Å²) >= 11 is 0. The van der Waals surface area contributed by atoms with E-state index in [0.717, 1.165) is 62.5 Å². The highest BCUT2D eigenvalue weighted by atomic mass is 19.1. The number of rotatable bonds is 14. The molecule has 0 aromatic heterocycles. The fourth-order valence-electron chi connectivity index (χ4n) is 13.9. The number of aliphatic hydroxyl groups is 8. The van der Waals surface area contributed by atoms with Gasteiger partial charge in [-0.25, -0.2) is 8.78 Å². The summed E-state index contributed by atoms with van der Waals surface area (Å²) < 4.78 is 26.4. The molecule has 368 valence electrons. The predicted octanol–water partition coefficient (Wildman–Crippen LogP) is 9.70. The van der Waals surface area contributed by atoms with Crippen LogP contribution in [0.4, 0.5) is 8.78 Å². The Morgan fingerprint density at radius 1 is 0.578 bits per heavy atom. The third kappa shape index (κ3) is 12.2. The van der Waals surface area contributed by atoms with Crippen LogP contribution in [0.2, 0.25) is 0 Å². The van der Waals surface area contributed by atoms with Crippen LogP contribution in [0, 0.1) is 46.3 Å². The largest absolute Gasteiger partial charge is 0.390 e. The first kappa shape index (κ1) is 53.5. The monoisotopic (exact) mass is 905 g/mol. The van der Waals surface area contributed by atoms with Crippen LogP contribution in [0.5, 0.6) is 0 Å². The van der Waals surface area contributed by atoms with Crippen molar-refractivity contribution in [1.29, 1.82) is 0 Å². The summed E-state index contributed by atoms with van der Waals surface area (Å²) in [5.74, 6) is 3.82. The highest BCUT2D eigenvalue weighted by Gasteiger charge is 2.53. The third-order valence-corrected chi connectivity index (χ3v) is 18.0. The summed E-state index contributed by atoms with van der Waals surface area (Å²) in [6, 6.07) is 0. The van der Waals surface area contributed by atoms with Crippen LogP contribution in [0.3, 0.4) is 0 Å². The van der Waals surface area contributed by atoms with Crippen LogP contribution in [0.1, 0.15) is 184 Å². The standard InChI is InChI=1S/2C27H45FO4/c2*1-18(7-5-13-25(2,3)31)21-11-12-22-20(8-6-14-26(21,22)4)10-9-19-15-23(29)27(32,17-28)24(30)16-19/h2*9-10,18,21-24,29-32H,5-8,11-17H2,1-4H3/b2*19-9?,20-10+/t2*18-,21?,22?,23-,24-,26?,27?/m11/s1. The minimum atomic E-state index is -2.05. The first-order valence-corrected chi connectivity index (χ1v) is 25.3. The Labute approximate surface area is 385 Å². The molecule has 6 unspecified atom stereocenters. The fraction of sp³-hybridized carbons (Fsp3) is 0.852. The first-order valence-electron chi connectivity index (χ1n) is 25.3. The van der Waals surface area contributed by atoms with Gasteiger partial charge in [-0.3, -0.25) is 0 Å². The molecule has 6 aliphatic rings.